The van der Waals surface area contributed by atoms with Crippen molar-refractivity contribution in [3.8, 4) is 17.2 Å². The van der Waals surface area contributed by atoms with Crippen LogP contribution in [0.3, 0.4) is 0 Å². The van der Waals surface area contributed by atoms with Crippen LogP contribution in [0.25, 0.3) is 0 Å². The fourth-order valence-corrected chi connectivity index (χ4v) is 2.22. The first-order valence-electron chi connectivity index (χ1n) is 6.63. The Bertz CT molecular complexity index is 437. The Morgan fingerprint density at radius 1 is 1.32 bits per heavy atom. The lowest BCUT2D eigenvalue weighted by Crippen LogP contribution is -2.04. The lowest BCUT2D eigenvalue weighted by Gasteiger charge is -2.16. The summed E-state index contributed by atoms with van der Waals surface area (Å²) in [6.45, 7) is 1.74. The van der Waals surface area contributed by atoms with E-state index in [0.717, 1.165) is 24.8 Å². The third-order valence-corrected chi connectivity index (χ3v) is 3.12. The van der Waals surface area contributed by atoms with Gasteiger partial charge in [0.2, 0.25) is 0 Å². The first kappa shape index (κ1) is 13.9. The standard InChI is InChI=1S/C14H20FNO3/c1-17-13-10(5-2-3-6-16)14-12(9-11(13)15)18-7-4-8-19-14/h9H,2-8,16H2,1H3. The third-order valence-electron chi connectivity index (χ3n) is 3.12. The molecule has 4 nitrogen and oxygen atoms in total. The van der Waals surface area contributed by atoms with Gasteiger partial charge in [-0.1, -0.05) is 0 Å². The molecule has 1 aliphatic rings. The van der Waals surface area contributed by atoms with Crippen molar-refractivity contribution < 1.29 is 18.6 Å². The van der Waals surface area contributed by atoms with Gasteiger partial charge in [-0.15, -0.1) is 0 Å². The maximum atomic E-state index is 14.0. The number of rotatable bonds is 5. The summed E-state index contributed by atoms with van der Waals surface area (Å²) in [5.41, 5.74) is 6.24. The molecule has 0 aliphatic carbocycles. The van der Waals surface area contributed by atoms with Crippen LogP contribution in [0.2, 0.25) is 0 Å². The molecule has 0 amide bonds. The molecule has 0 bridgehead atoms. The number of ether oxygens (including phenoxy) is 3. The Hall–Kier alpha value is -1.49. The molecule has 0 aromatic heterocycles. The van der Waals surface area contributed by atoms with E-state index >= 15 is 0 Å². The minimum Gasteiger partial charge on any atom is -0.493 e. The first-order chi connectivity index (χ1) is 9.27. The van der Waals surface area contributed by atoms with Crippen LogP contribution >= 0.6 is 0 Å². The summed E-state index contributed by atoms with van der Waals surface area (Å²) in [7, 11) is 1.47. The number of hydrogen-bond donors (Lipinski definition) is 1. The number of benzene rings is 1. The van der Waals surface area contributed by atoms with E-state index in [1.54, 1.807) is 0 Å². The zero-order valence-electron chi connectivity index (χ0n) is 11.2. The molecule has 0 saturated heterocycles. The predicted molar refractivity (Wildman–Crippen MR) is 70.6 cm³/mol. The minimum absolute atomic E-state index is 0.251. The van der Waals surface area contributed by atoms with Gasteiger partial charge < -0.3 is 19.9 Å². The van der Waals surface area contributed by atoms with Gasteiger partial charge in [0.25, 0.3) is 0 Å². The number of hydrogen-bond acceptors (Lipinski definition) is 4. The number of nitrogens with two attached hydrogens (primary N) is 1. The van der Waals surface area contributed by atoms with Gasteiger partial charge in [0, 0.05) is 18.1 Å². The van der Waals surface area contributed by atoms with Gasteiger partial charge in [0.05, 0.1) is 20.3 Å². The lowest BCUT2D eigenvalue weighted by atomic mass is 10.0. The molecule has 0 radical (unpaired) electrons. The molecule has 5 heteroatoms. The molecule has 19 heavy (non-hydrogen) atoms. The summed E-state index contributed by atoms with van der Waals surface area (Å²) in [4.78, 5) is 0. The SMILES string of the molecule is COc1c(F)cc2c(c1CCCCN)OCCCO2. The summed E-state index contributed by atoms with van der Waals surface area (Å²) in [6.07, 6.45) is 3.21. The molecule has 1 aromatic rings. The van der Waals surface area contributed by atoms with Crippen molar-refractivity contribution >= 4 is 0 Å². The van der Waals surface area contributed by atoms with Gasteiger partial charge in [-0.2, -0.15) is 0 Å². The molecule has 2 rings (SSSR count). The first-order valence-corrected chi connectivity index (χ1v) is 6.63. The molecule has 0 atom stereocenters. The Kier molecular flexibility index (Phi) is 4.85. The smallest absolute Gasteiger partial charge is 0.169 e. The Labute approximate surface area is 112 Å². The molecular weight excluding hydrogens is 249 g/mol. The van der Waals surface area contributed by atoms with E-state index in [9.17, 15) is 4.39 Å². The van der Waals surface area contributed by atoms with E-state index in [0.29, 0.717) is 37.7 Å². The quantitative estimate of drug-likeness (QED) is 0.833. The number of unbranched alkanes of at least 4 members (excludes halogenated alkanes) is 1. The van der Waals surface area contributed by atoms with Crippen LogP contribution in [0.4, 0.5) is 4.39 Å². The van der Waals surface area contributed by atoms with Crippen LogP contribution in [-0.4, -0.2) is 26.9 Å². The minimum atomic E-state index is -0.408. The van der Waals surface area contributed by atoms with E-state index in [4.69, 9.17) is 19.9 Å². The van der Waals surface area contributed by atoms with Crippen molar-refractivity contribution in [1.82, 2.24) is 0 Å². The molecule has 1 heterocycles. The van der Waals surface area contributed by atoms with Crippen LogP contribution < -0.4 is 19.9 Å². The van der Waals surface area contributed by atoms with E-state index in [-0.39, 0.29) is 5.75 Å². The van der Waals surface area contributed by atoms with Crippen molar-refractivity contribution in [3.63, 3.8) is 0 Å². The summed E-state index contributed by atoms with van der Waals surface area (Å²) in [5.74, 6) is 0.932. The zero-order valence-corrected chi connectivity index (χ0v) is 11.2. The van der Waals surface area contributed by atoms with Gasteiger partial charge in [-0.25, -0.2) is 4.39 Å². The molecule has 1 aliphatic heterocycles. The van der Waals surface area contributed by atoms with Crippen LogP contribution in [0.15, 0.2) is 6.07 Å². The van der Waals surface area contributed by atoms with Crippen molar-refractivity contribution in [3.05, 3.63) is 17.4 Å². The van der Waals surface area contributed by atoms with Crippen LogP contribution in [-0.2, 0) is 6.42 Å². The number of methoxy groups -OCH3 is 1. The topological polar surface area (TPSA) is 53.7 Å². The van der Waals surface area contributed by atoms with Gasteiger partial charge in [0.15, 0.2) is 23.1 Å². The molecule has 0 unspecified atom stereocenters. The number of fused-ring (bicyclic) bond motifs is 1. The molecule has 106 valence electrons. The molecule has 0 spiro atoms. The van der Waals surface area contributed by atoms with Crippen molar-refractivity contribution in [2.45, 2.75) is 25.7 Å². The lowest BCUT2D eigenvalue weighted by molar-refractivity contribution is 0.295. The second-order valence-electron chi connectivity index (χ2n) is 4.49. The van der Waals surface area contributed by atoms with Gasteiger partial charge >= 0.3 is 0 Å². The Morgan fingerprint density at radius 3 is 2.84 bits per heavy atom. The highest BCUT2D eigenvalue weighted by atomic mass is 19.1. The molecule has 0 saturated carbocycles. The average molecular weight is 269 g/mol. The molecule has 0 fully saturated rings. The molecular formula is C14H20FNO3. The monoisotopic (exact) mass is 269 g/mol. The largest absolute Gasteiger partial charge is 0.493 e. The maximum absolute atomic E-state index is 14.0. The third kappa shape index (κ3) is 3.10. The zero-order chi connectivity index (χ0) is 13.7. The highest BCUT2D eigenvalue weighted by Crippen LogP contribution is 2.41. The van der Waals surface area contributed by atoms with Crippen LogP contribution in [0.5, 0.6) is 17.2 Å². The van der Waals surface area contributed by atoms with E-state index in [2.05, 4.69) is 0 Å². The van der Waals surface area contributed by atoms with Gasteiger partial charge in [-0.05, 0) is 25.8 Å². The van der Waals surface area contributed by atoms with Crippen LogP contribution in [0.1, 0.15) is 24.8 Å². The van der Waals surface area contributed by atoms with E-state index in [1.165, 1.54) is 13.2 Å². The second kappa shape index (κ2) is 6.61. The fraction of sp³-hybridized carbons (Fsp3) is 0.571. The van der Waals surface area contributed by atoms with Gasteiger partial charge in [0.1, 0.15) is 0 Å². The molecule has 1 aromatic carbocycles. The fourth-order valence-electron chi connectivity index (χ4n) is 2.22. The summed E-state index contributed by atoms with van der Waals surface area (Å²) < 4.78 is 30.4. The van der Waals surface area contributed by atoms with Gasteiger partial charge in [-0.3, -0.25) is 0 Å². The van der Waals surface area contributed by atoms with Crippen molar-refractivity contribution in [1.29, 1.82) is 0 Å². The van der Waals surface area contributed by atoms with E-state index in [1.807, 2.05) is 0 Å². The highest BCUT2D eigenvalue weighted by Gasteiger charge is 2.22. The number of halogens is 1. The highest BCUT2D eigenvalue weighted by molar-refractivity contribution is 5.55. The normalized spacial score (nSPS) is 14.1. The Balaban J connectivity index is 2.37. The molecule has 2 N–H and O–H groups in total. The van der Waals surface area contributed by atoms with E-state index < -0.39 is 5.82 Å². The summed E-state index contributed by atoms with van der Waals surface area (Å²) in [5, 5.41) is 0. The summed E-state index contributed by atoms with van der Waals surface area (Å²) in [6, 6.07) is 1.34. The second-order valence-corrected chi connectivity index (χ2v) is 4.49. The van der Waals surface area contributed by atoms with Crippen molar-refractivity contribution in [2.75, 3.05) is 26.9 Å². The van der Waals surface area contributed by atoms with Crippen molar-refractivity contribution in [2.24, 2.45) is 5.73 Å². The maximum Gasteiger partial charge on any atom is 0.169 e. The Morgan fingerprint density at radius 2 is 2.11 bits per heavy atom. The van der Waals surface area contributed by atoms with Crippen LogP contribution in [0, 0.1) is 5.82 Å². The summed E-state index contributed by atoms with van der Waals surface area (Å²) >= 11 is 0. The average Bonchev–Trinajstić information content (AvgIpc) is 2.64. The predicted octanol–water partition coefficient (Wildman–Crippen LogP) is 2.28.